The highest BCUT2D eigenvalue weighted by Gasteiger charge is 2.13. The number of para-hydroxylation sites is 1. The number of carboxylic acids is 1. The van der Waals surface area contributed by atoms with Crippen LogP contribution in [-0.2, 0) is 0 Å². The van der Waals surface area contributed by atoms with Crippen LogP contribution in [0, 0.1) is 0 Å². The Bertz CT molecular complexity index is 1550. The summed E-state index contributed by atoms with van der Waals surface area (Å²) in [7, 11) is 0. The van der Waals surface area contributed by atoms with E-state index in [-0.39, 0.29) is 11.1 Å². The van der Waals surface area contributed by atoms with Crippen molar-refractivity contribution in [3.63, 3.8) is 0 Å². The van der Waals surface area contributed by atoms with E-state index in [2.05, 4.69) is 9.97 Å². The van der Waals surface area contributed by atoms with E-state index in [9.17, 15) is 9.59 Å². The lowest BCUT2D eigenvalue weighted by molar-refractivity contribution is 0.0697. The Labute approximate surface area is 184 Å². The van der Waals surface area contributed by atoms with E-state index >= 15 is 0 Å². The lowest BCUT2D eigenvalue weighted by Crippen LogP contribution is -2.22. The molecule has 0 amide bonds. The molecule has 0 spiro atoms. The molecular weight excluding hydrogens is 436 g/mol. The smallest absolute Gasteiger partial charge is 0.335 e. The van der Waals surface area contributed by atoms with E-state index in [4.69, 9.17) is 16.7 Å². The fourth-order valence-electron chi connectivity index (χ4n) is 3.34. The Hall–Kier alpha value is -3.75. The van der Waals surface area contributed by atoms with Crippen molar-refractivity contribution in [2.24, 2.45) is 0 Å². The van der Waals surface area contributed by atoms with E-state index < -0.39 is 5.97 Å². The molecule has 5 aromatic rings. The van der Waals surface area contributed by atoms with E-state index in [0.29, 0.717) is 33.3 Å². The van der Waals surface area contributed by atoms with Gasteiger partial charge >= 0.3 is 5.97 Å². The maximum absolute atomic E-state index is 13.3. The Balaban J connectivity index is 1.72. The highest BCUT2D eigenvalue weighted by molar-refractivity contribution is 7.15. The zero-order chi connectivity index (χ0) is 21.5. The number of rotatable bonds is 4. The standard InChI is InChI=1S/C22H13ClN4O3S/c23-19-17(26-11-12-31-22(26)25-19)9-10-18-24-16-4-2-1-3-15(16)20(28)27(18)14-7-5-13(6-8-14)21(29)30/h1-12H,(H,29,30)/b10-9+. The Morgan fingerprint density at radius 2 is 1.84 bits per heavy atom. The second kappa shape index (κ2) is 7.50. The first kappa shape index (κ1) is 19.2. The molecule has 3 heterocycles. The molecule has 0 bridgehead atoms. The summed E-state index contributed by atoms with van der Waals surface area (Å²) >= 11 is 7.75. The normalized spacial score (nSPS) is 11.6. The van der Waals surface area contributed by atoms with Gasteiger partial charge in [0.1, 0.15) is 5.82 Å². The first-order valence-corrected chi connectivity index (χ1v) is 10.4. The molecular formula is C22H13ClN4O3S. The molecule has 7 nitrogen and oxygen atoms in total. The van der Waals surface area contributed by atoms with Gasteiger partial charge in [0.05, 0.1) is 27.8 Å². The third-order valence-corrected chi connectivity index (χ3v) is 5.85. The monoisotopic (exact) mass is 448 g/mol. The van der Waals surface area contributed by atoms with Gasteiger partial charge in [0, 0.05) is 11.6 Å². The molecule has 0 aliphatic rings. The van der Waals surface area contributed by atoms with Gasteiger partial charge in [-0.2, -0.15) is 0 Å². The Kier molecular flexibility index (Phi) is 4.65. The highest BCUT2D eigenvalue weighted by Crippen LogP contribution is 2.23. The van der Waals surface area contributed by atoms with Crippen LogP contribution in [0.5, 0.6) is 0 Å². The van der Waals surface area contributed by atoms with Crippen LogP contribution in [0.2, 0.25) is 5.15 Å². The second-order valence-corrected chi connectivity index (χ2v) is 7.89. The molecule has 0 saturated carbocycles. The quantitative estimate of drug-likeness (QED) is 0.433. The minimum atomic E-state index is -1.04. The summed E-state index contributed by atoms with van der Waals surface area (Å²) in [6.45, 7) is 0. The number of hydrogen-bond donors (Lipinski definition) is 1. The minimum Gasteiger partial charge on any atom is -0.478 e. The third kappa shape index (κ3) is 3.31. The van der Waals surface area contributed by atoms with Crippen LogP contribution in [0.15, 0.2) is 64.9 Å². The van der Waals surface area contributed by atoms with E-state index in [1.165, 1.54) is 28.0 Å². The average Bonchev–Trinajstić information content (AvgIpc) is 3.33. The number of thiazole rings is 1. The van der Waals surface area contributed by atoms with Crippen LogP contribution in [0.4, 0.5) is 0 Å². The second-order valence-electron chi connectivity index (χ2n) is 6.66. The molecule has 0 fully saturated rings. The van der Waals surface area contributed by atoms with Gasteiger partial charge in [-0.05, 0) is 48.6 Å². The van der Waals surface area contributed by atoms with Crippen molar-refractivity contribution in [2.75, 3.05) is 0 Å². The number of halogens is 1. The van der Waals surface area contributed by atoms with Crippen LogP contribution in [0.1, 0.15) is 21.9 Å². The molecule has 5 rings (SSSR count). The predicted octanol–water partition coefficient (Wildman–Crippen LogP) is 4.62. The van der Waals surface area contributed by atoms with Crippen molar-refractivity contribution in [2.45, 2.75) is 0 Å². The summed E-state index contributed by atoms with van der Waals surface area (Å²) in [5.41, 5.74) is 1.62. The summed E-state index contributed by atoms with van der Waals surface area (Å²) in [6.07, 6.45) is 5.32. The average molecular weight is 449 g/mol. The largest absolute Gasteiger partial charge is 0.478 e. The molecule has 3 aromatic heterocycles. The number of carboxylic acid groups (broad SMARTS) is 1. The number of aromatic nitrogens is 4. The van der Waals surface area contributed by atoms with Crippen molar-refractivity contribution >= 4 is 56.9 Å². The number of imidazole rings is 1. The first-order valence-electron chi connectivity index (χ1n) is 9.17. The van der Waals surface area contributed by atoms with Crippen LogP contribution in [-0.4, -0.2) is 30.0 Å². The van der Waals surface area contributed by atoms with Gasteiger partial charge in [-0.1, -0.05) is 23.7 Å². The van der Waals surface area contributed by atoms with E-state index in [0.717, 1.165) is 4.96 Å². The molecule has 9 heteroatoms. The molecule has 1 N–H and O–H groups in total. The van der Waals surface area contributed by atoms with Crippen molar-refractivity contribution in [3.8, 4) is 5.69 Å². The minimum absolute atomic E-state index is 0.133. The van der Waals surface area contributed by atoms with Crippen LogP contribution < -0.4 is 5.56 Å². The fraction of sp³-hybridized carbons (Fsp3) is 0. The number of hydrogen-bond acceptors (Lipinski definition) is 5. The number of benzene rings is 2. The molecule has 0 aliphatic heterocycles. The summed E-state index contributed by atoms with van der Waals surface area (Å²) in [6, 6.07) is 13.2. The van der Waals surface area contributed by atoms with Crippen molar-refractivity contribution in [3.05, 3.63) is 92.7 Å². The topological polar surface area (TPSA) is 89.5 Å². The third-order valence-electron chi connectivity index (χ3n) is 4.82. The zero-order valence-corrected chi connectivity index (χ0v) is 17.3. The maximum Gasteiger partial charge on any atom is 0.335 e. The molecule has 2 aromatic carbocycles. The molecule has 152 valence electrons. The maximum atomic E-state index is 13.3. The summed E-state index contributed by atoms with van der Waals surface area (Å²) in [4.78, 5) is 34.2. The van der Waals surface area contributed by atoms with Crippen molar-refractivity contribution in [1.29, 1.82) is 0 Å². The summed E-state index contributed by atoms with van der Waals surface area (Å²) < 4.78 is 3.30. The van der Waals surface area contributed by atoms with Crippen molar-refractivity contribution in [1.82, 2.24) is 18.9 Å². The van der Waals surface area contributed by atoms with Crippen molar-refractivity contribution < 1.29 is 9.90 Å². The van der Waals surface area contributed by atoms with Gasteiger partial charge < -0.3 is 5.11 Å². The number of nitrogens with zero attached hydrogens (tertiary/aromatic N) is 4. The van der Waals surface area contributed by atoms with Gasteiger partial charge in [-0.15, -0.1) is 11.3 Å². The summed E-state index contributed by atoms with van der Waals surface area (Å²) in [5.74, 6) is -0.654. The zero-order valence-electron chi connectivity index (χ0n) is 15.8. The Morgan fingerprint density at radius 3 is 2.61 bits per heavy atom. The molecule has 0 aliphatic carbocycles. The van der Waals surface area contributed by atoms with Crippen LogP contribution in [0.3, 0.4) is 0 Å². The first-order chi connectivity index (χ1) is 15.0. The van der Waals surface area contributed by atoms with Gasteiger partial charge in [0.25, 0.3) is 5.56 Å². The molecule has 0 atom stereocenters. The van der Waals surface area contributed by atoms with Gasteiger partial charge in [-0.25, -0.2) is 14.8 Å². The van der Waals surface area contributed by atoms with Crippen LogP contribution >= 0.6 is 22.9 Å². The summed E-state index contributed by atoms with van der Waals surface area (Å²) in [5, 5.41) is 11.9. The van der Waals surface area contributed by atoms with E-state index in [1.807, 2.05) is 22.0 Å². The lowest BCUT2D eigenvalue weighted by atomic mass is 10.2. The SMILES string of the molecule is O=C(O)c1ccc(-n2c(/C=C/c3c(Cl)nc4sccn34)nc3ccccc3c2=O)cc1. The van der Waals surface area contributed by atoms with Crippen LogP contribution in [0.25, 0.3) is 33.7 Å². The van der Waals surface area contributed by atoms with Gasteiger partial charge in [-0.3, -0.25) is 13.8 Å². The number of fused-ring (bicyclic) bond motifs is 2. The molecule has 31 heavy (non-hydrogen) atoms. The van der Waals surface area contributed by atoms with E-state index in [1.54, 1.807) is 42.5 Å². The molecule has 0 radical (unpaired) electrons. The Morgan fingerprint density at radius 1 is 1.06 bits per heavy atom. The number of carbonyl (C=O) groups is 1. The van der Waals surface area contributed by atoms with Gasteiger partial charge in [0.15, 0.2) is 10.1 Å². The van der Waals surface area contributed by atoms with Gasteiger partial charge in [0.2, 0.25) is 0 Å². The molecule has 0 saturated heterocycles. The predicted molar refractivity (Wildman–Crippen MR) is 121 cm³/mol. The number of aromatic carboxylic acids is 1. The molecule has 0 unspecified atom stereocenters. The highest BCUT2D eigenvalue weighted by atomic mass is 35.5. The fourth-order valence-corrected chi connectivity index (χ4v) is 4.35. The lowest BCUT2D eigenvalue weighted by Gasteiger charge is -2.11.